The molecule has 0 radical (unpaired) electrons. The number of phosphoric acid groups is 1. The van der Waals surface area contributed by atoms with Crippen LogP contribution in [0.2, 0.25) is 0 Å². The second-order valence-electron chi connectivity index (χ2n) is 26.6. The number of phosphoric ester groups is 1. The molecule has 0 amide bonds. The Balaban J connectivity index is 6.61. The zero-order chi connectivity index (χ0) is 67.8. The fraction of sp³-hybridized carbons (Fsp3) is 0.846. The van der Waals surface area contributed by atoms with Gasteiger partial charge in [-0.15, -0.1) is 0 Å². The fourth-order valence-electron chi connectivity index (χ4n) is 12.2. The fourth-order valence-corrected chi connectivity index (χ4v) is 13.8. The van der Waals surface area contributed by atoms with Gasteiger partial charge < -0.3 is 20.4 Å². The minimum absolute atomic E-state index is 0.263. The summed E-state index contributed by atoms with van der Waals surface area (Å²) >= 11 is 6.05. The SMILES string of the molecule is CCCCCCCCC=CCCCCCCCC(=O)C(OP(=O)(OCl)OC(C(=O)CCCCCCCC=CCCCCCCCC)(C(=O)CCCCCCCC=CCCCCCCCC)C(O)CO)(C(=O)CCCCCCCC=CCCCCCCCC)C(O)CO. The lowest BCUT2D eigenvalue weighted by molar-refractivity contribution is -0.173. The molecule has 0 heterocycles. The summed E-state index contributed by atoms with van der Waals surface area (Å²) in [7, 11) is -5.78. The first-order chi connectivity index (χ1) is 44.9. The Kier molecular flexibility index (Phi) is 63.4. The van der Waals surface area contributed by atoms with Gasteiger partial charge in [-0.1, -0.05) is 282 Å². The van der Waals surface area contributed by atoms with Gasteiger partial charge in [-0.25, -0.2) is 4.57 Å². The molecule has 12 nitrogen and oxygen atoms in total. The van der Waals surface area contributed by atoms with Gasteiger partial charge in [0.2, 0.25) is 11.2 Å². The van der Waals surface area contributed by atoms with Crippen molar-refractivity contribution in [2.24, 2.45) is 0 Å². The van der Waals surface area contributed by atoms with E-state index in [0.29, 0.717) is 25.7 Å². The van der Waals surface area contributed by atoms with Crippen LogP contribution in [0.5, 0.6) is 0 Å². The molecule has 0 aromatic carbocycles. The standard InChI is InChI=1S/C78H142ClO12P/c1-5-9-13-17-21-25-29-33-37-41-45-49-53-57-61-65-71(82)77(75(86)69-80,72(83)66-62-58-54-50-46-42-38-34-30-26-22-18-14-10-6-2)89-92(88,91-79)90-78(76(87)70-81,73(84)67-63-59-55-51-47-43-39-35-31-27-23-19-15-11-7-3)74(85)68-64-60-56-52-48-44-40-36-32-28-24-20-16-12-8-4/h33-40,75-76,80-81,86-87H,5-32,41-70H2,1-4H3. The third-order valence-corrected chi connectivity index (χ3v) is 19.9. The van der Waals surface area contributed by atoms with E-state index in [4.69, 9.17) is 25.0 Å². The van der Waals surface area contributed by atoms with Gasteiger partial charge in [-0.2, -0.15) is 4.08 Å². The van der Waals surface area contributed by atoms with Gasteiger partial charge in [0, 0.05) is 25.7 Å². The van der Waals surface area contributed by atoms with E-state index in [1.54, 1.807) is 0 Å². The van der Waals surface area contributed by atoms with E-state index in [0.717, 1.165) is 128 Å². The van der Waals surface area contributed by atoms with Gasteiger partial charge in [0.15, 0.2) is 23.1 Å². The van der Waals surface area contributed by atoms with Gasteiger partial charge >= 0.3 is 7.82 Å². The highest BCUT2D eigenvalue weighted by Gasteiger charge is 2.62. The summed E-state index contributed by atoms with van der Waals surface area (Å²) in [6.07, 6.45) is 64.3. The maximum atomic E-state index is 15.3. The van der Waals surface area contributed by atoms with Crippen LogP contribution in [-0.4, -0.2) is 80.2 Å². The molecule has 0 saturated carbocycles. The zero-order valence-corrected chi connectivity index (χ0v) is 61.3. The van der Waals surface area contributed by atoms with E-state index in [9.17, 15) is 39.6 Å². The molecule has 0 aliphatic carbocycles. The first-order valence-electron chi connectivity index (χ1n) is 38.5. The average Bonchev–Trinajstić information content (AvgIpc) is 0.758. The van der Waals surface area contributed by atoms with Crippen molar-refractivity contribution in [3.8, 4) is 0 Å². The Morgan fingerprint density at radius 3 is 0.641 bits per heavy atom. The number of ketones is 4. The number of hydrogen-bond acceptors (Lipinski definition) is 12. The Morgan fingerprint density at radius 1 is 0.315 bits per heavy atom. The Hall–Kier alpha value is -2.12. The molecule has 2 atom stereocenters. The summed E-state index contributed by atoms with van der Waals surface area (Å²) in [5.74, 6) is -4.00. The summed E-state index contributed by atoms with van der Waals surface area (Å²) < 4.78 is 32.2. The van der Waals surface area contributed by atoms with Crippen molar-refractivity contribution in [2.75, 3.05) is 13.2 Å². The van der Waals surface area contributed by atoms with Gasteiger partial charge in [-0.3, -0.25) is 28.2 Å². The topological polar surface area (TPSA) is 194 Å². The van der Waals surface area contributed by atoms with E-state index in [1.807, 2.05) is 0 Å². The molecule has 0 aromatic rings. The lowest BCUT2D eigenvalue weighted by Gasteiger charge is -2.39. The number of carbonyl (C=O) groups is 4. The summed E-state index contributed by atoms with van der Waals surface area (Å²) in [6, 6.07) is 0. The predicted molar refractivity (Wildman–Crippen MR) is 386 cm³/mol. The van der Waals surface area contributed by atoms with Crippen molar-refractivity contribution in [3.05, 3.63) is 48.6 Å². The molecule has 92 heavy (non-hydrogen) atoms. The molecule has 0 fully saturated rings. The van der Waals surface area contributed by atoms with Crippen LogP contribution in [0, 0.1) is 0 Å². The molecule has 0 bridgehead atoms. The molecule has 2 unspecified atom stereocenters. The van der Waals surface area contributed by atoms with Crippen LogP contribution in [0.25, 0.3) is 0 Å². The smallest absolute Gasteiger partial charge is 0.394 e. The first-order valence-corrected chi connectivity index (χ1v) is 40.3. The van der Waals surface area contributed by atoms with Crippen molar-refractivity contribution in [1.29, 1.82) is 0 Å². The Bertz CT molecular complexity index is 1670. The summed E-state index contributed by atoms with van der Waals surface area (Å²) in [5.41, 5.74) is -6.15. The quantitative estimate of drug-likeness (QED) is 0.0195. The highest BCUT2D eigenvalue weighted by Crippen LogP contribution is 2.59. The zero-order valence-electron chi connectivity index (χ0n) is 59.7. The van der Waals surface area contributed by atoms with Crippen LogP contribution in [0.1, 0.15) is 387 Å². The number of rotatable bonds is 73. The number of allylic oxidation sites excluding steroid dienone is 8. The molecular formula is C78H142ClO12P. The molecule has 0 saturated heterocycles. The monoisotopic (exact) mass is 1340 g/mol. The number of Topliss-reactive ketones (excluding diaryl/α,β-unsaturated/α-hetero) is 4. The second-order valence-corrected chi connectivity index (χ2v) is 28.4. The number of unbranched alkanes of at least 4 members (excludes halogenated alkanes) is 44. The lowest BCUT2D eigenvalue weighted by atomic mass is 9.82. The third kappa shape index (κ3) is 45.4. The van der Waals surface area contributed by atoms with Crippen LogP contribution in [0.3, 0.4) is 0 Å². The van der Waals surface area contributed by atoms with Crippen molar-refractivity contribution in [2.45, 2.75) is 411 Å². The maximum absolute atomic E-state index is 15.3. The summed E-state index contributed by atoms with van der Waals surface area (Å²) in [6.45, 7) is 6.52. The molecule has 538 valence electrons. The second kappa shape index (κ2) is 64.9. The van der Waals surface area contributed by atoms with E-state index in [-0.39, 0.29) is 51.4 Å². The number of aliphatic hydroxyl groups excluding tert-OH is 4. The molecular weight excluding hydrogens is 1200 g/mol. The van der Waals surface area contributed by atoms with E-state index in [1.165, 1.54) is 154 Å². The van der Waals surface area contributed by atoms with Crippen molar-refractivity contribution in [3.63, 3.8) is 0 Å². The molecule has 0 aliphatic heterocycles. The Morgan fingerprint density at radius 2 is 0.478 bits per heavy atom. The van der Waals surface area contributed by atoms with Crippen LogP contribution < -0.4 is 0 Å². The molecule has 0 rings (SSSR count). The van der Waals surface area contributed by atoms with Crippen LogP contribution in [0.15, 0.2) is 48.6 Å². The molecule has 4 N–H and O–H groups in total. The van der Waals surface area contributed by atoms with Crippen LogP contribution in [0.4, 0.5) is 0 Å². The highest BCUT2D eigenvalue weighted by molar-refractivity contribution is 7.49. The van der Waals surface area contributed by atoms with E-state index < -0.39 is 67.6 Å². The lowest BCUT2D eigenvalue weighted by Crippen LogP contribution is -2.61. The first kappa shape index (κ1) is 89.9. The van der Waals surface area contributed by atoms with E-state index in [2.05, 4.69) is 76.3 Å². The number of aliphatic hydroxyl groups is 4. The van der Waals surface area contributed by atoms with Crippen molar-refractivity contribution in [1.82, 2.24) is 0 Å². The van der Waals surface area contributed by atoms with Gasteiger partial charge in [-0.05, 0) is 128 Å². The molecule has 0 aliphatic rings. The molecule has 14 heteroatoms. The summed E-state index contributed by atoms with van der Waals surface area (Å²) in [4.78, 5) is 59.3. The summed E-state index contributed by atoms with van der Waals surface area (Å²) in [5, 5.41) is 44.9. The minimum atomic E-state index is -5.78. The minimum Gasteiger partial charge on any atom is -0.394 e. The van der Waals surface area contributed by atoms with Crippen molar-refractivity contribution >= 4 is 42.8 Å². The highest BCUT2D eigenvalue weighted by atomic mass is 35.5. The van der Waals surface area contributed by atoms with Crippen molar-refractivity contribution < 1.29 is 57.3 Å². The average molecular weight is 1340 g/mol. The normalized spacial score (nSPS) is 14.8. The predicted octanol–water partition coefficient (Wildman–Crippen LogP) is 22.9. The maximum Gasteiger partial charge on any atom is 0.494 e. The van der Waals surface area contributed by atoms with E-state index >= 15 is 4.57 Å². The largest absolute Gasteiger partial charge is 0.494 e. The van der Waals surface area contributed by atoms with Crippen LogP contribution >= 0.6 is 19.7 Å². The Labute approximate surface area is 569 Å². The number of halogens is 1. The van der Waals surface area contributed by atoms with Crippen LogP contribution in [-0.2, 0) is 36.9 Å². The van der Waals surface area contributed by atoms with Gasteiger partial charge in [0.1, 0.15) is 12.2 Å². The van der Waals surface area contributed by atoms with Gasteiger partial charge in [0.05, 0.1) is 25.1 Å². The number of carbonyl (C=O) groups excluding carboxylic acids is 4. The third-order valence-electron chi connectivity index (χ3n) is 18.2. The molecule has 0 spiro atoms. The molecule has 0 aromatic heterocycles. The van der Waals surface area contributed by atoms with Gasteiger partial charge in [0.25, 0.3) is 0 Å². The number of hydrogen-bond donors (Lipinski definition) is 4.